The highest BCUT2D eigenvalue weighted by atomic mass is 16.6. The second kappa shape index (κ2) is 5.35. The first kappa shape index (κ1) is 13.9. The Hall–Kier alpha value is -2.11. The molecule has 0 spiro atoms. The van der Waals surface area contributed by atoms with Crippen molar-refractivity contribution in [2.24, 2.45) is 23.5 Å². The fourth-order valence-corrected chi connectivity index (χ4v) is 2.98. The van der Waals surface area contributed by atoms with Crippen molar-refractivity contribution >= 4 is 17.3 Å². The van der Waals surface area contributed by atoms with Gasteiger partial charge in [0.2, 0.25) is 5.91 Å². The second-order valence-corrected chi connectivity index (χ2v) is 6.07. The van der Waals surface area contributed by atoms with E-state index in [1.165, 1.54) is 37.8 Å². The van der Waals surface area contributed by atoms with Crippen LogP contribution in [0.1, 0.15) is 36.0 Å². The normalized spacial score (nSPS) is 17.8. The summed E-state index contributed by atoms with van der Waals surface area (Å²) in [6.45, 7) is 0.770. The molecule has 0 aromatic heterocycles. The standard InChI is InChI=1S/C15H19N3O3/c16-15(19)11-5-6-13(14(7-11)18(20)21)17-8-12(9-1-2-9)10-3-4-10/h5-7,9-10,12,17H,1-4,8H2,(H2,16,19). The minimum atomic E-state index is -0.654. The van der Waals surface area contributed by atoms with Gasteiger partial charge in [0.05, 0.1) is 4.92 Å². The summed E-state index contributed by atoms with van der Waals surface area (Å²) in [5, 5.41) is 14.4. The minimum Gasteiger partial charge on any atom is -0.379 e. The van der Waals surface area contributed by atoms with Gasteiger partial charge in [-0.2, -0.15) is 0 Å². The Morgan fingerprint density at radius 2 is 1.95 bits per heavy atom. The highest BCUT2D eigenvalue weighted by Gasteiger charge is 2.41. The predicted molar refractivity (Wildman–Crippen MR) is 79.0 cm³/mol. The molecule has 6 nitrogen and oxygen atoms in total. The van der Waals surface area contributed by atoms with Crippen molar-refractivity contribution < 1.29 is 9.72 Å². The molecule has 6 heteroatoms. The first-order valence-electron chi connectivity index (χ1n) is 7.38. The van der Waals surface area contributed by atoms with Crippen LogP contribution in [0.5, 0.6) is 0 Å². The average Bonchev–Trinajstić information content (AvgIpc) is 3.32. The molecule has 0 radical (unpaired) electrons. The molecule has 2 saturated carbocycles. The molecule has 3 rings (SSSR count). The van der Waals surface area contributed by atoms with Crippen LogP contribution in [-0.2, 0) is 0 Å². The first-order chi connectivity index (χ1) is 10.1. The number of carbonyl (C=O) groups excluding carboxylic acids is 1. The molecule has 2 aliphatic carbocycles. The summed E-state index contributed by atoms with van der Waals surface area (Å²) in [5.41, 5.74) is 5.71. The van der Waals surface area contributed by atoms with Crippen molar-refractivity contribution in [1.82, 2.24) is 0 Å². The van der Waals surface area contributed by atoms with Crippen molar-refractivity contribution in [2.75, 3.05) is 11.9 Å². The van der Waals surface area contributed by atoms with Gasteiger partial charge in [-0.1, -0.05) is 0 Å². The van der Waals surface area contributed by atoms with Crippen LogP contribution in [0.2, 0.25) is 0 Å². The topological polar surface area (TPSA) is 98.3 Å². The number of nitro benzene ring substituents is 1. The molecule has 0 aliphatic heterocycles. The van der Waals surface area contributed by atoms with Gasteiger partial charge in [-0.25, -0.2) is 0 Å². The fourth-order valence-electron chi connectivity index (χ4n) is 2.98. The summed E-state index contributed by atoms with van der Waals surface area (Å²) < 4.78 is 0. The average molecular weight is 289 g/mol. The fraction of sp³-hybridized carbons (Fsp3) is 0.533. The van der Waals surface area contributed by atoms with Gasteiger partial charge in [-0.15, -0.1) is 0 Å². The van der Waals surface area contributed by atoms with Crippen LogP contribution in [0.3, 0.4) is 0 Å². The van der Waals surface area contributed by atoms with E-state index in [1.807, 2.05) is 0 Å². The lowest BCUT2D eigenvalue weighted by atomic mass is 9.98. The van der Waals surface area contributed by atoms with Gasteiger partial charge < -0.3 is 11.1 Å². The number of carbonyl (C=O) groups is 1. The third-order valence-corrected chi connectivity index (χ3v) is 4.46. The van der Waals surface area contributed by atoms with Gasteiger partial charge in [0, 0.05) is 18.2 Å². The quantitative estimate of drug-likeness (QED) is 0.595. The molecular weight excluding hydrogens is 270 g/mol. The maximum Gasteiger partial charge on any atom is 0.293 e. The molecule has 112 valence electrons. The molecule has 0 unspecified atom stereocenters. The van der Waals surface area contributed by atoms with E-state index in [1.54, 1.807) is 6.07 Å². The molecule has 1 amide bonds. The Bertz CT molecular complexity index is 568. The lowest BCUT2D eigenvalue weighted by Crippen LogP contribution is -2.19. The van der Waals surface area contributed by atoms with Crippen LogP contribution >= 0.6 is 0 Å². The molecule has 3 N–H and O–H groups in total. The molecule has 0 heterocycles. The number of primary amides is 1. The monoisotopic (exact) mass is 289 g/mol. The maximum atomic E-state index is 11.1. The first-order valence-corrected chi connectivity index (χ1v) is 7.38. The number of rotatable bonds is 7. The number of nitro groups is 1. The van der Waals surface area contributed by atoms with Gasteiger partial charge in [0.1, 0.15) is 5.69 Å². The Labute approximate surface area is 122 Å². The molecule has 21 heavy (non-hydrogen) atoms. The SMILES string of the molecule is NC(=O)c1ccc(NCC(C2CC2)C2CC2)c([N+](=O)[O-])c1. The Kier molecular flexibility index (Phi) is 3.53. The van der Waals surface area contributed by atoms with Crippen LogP contribution in [0.15, 0.2) is 18.2 Å². The van der Waals surface area contributed by atoms with Crippen molar-refractivity contribution in [1.29, 1.82) is 0 Å². The Balaban J connectivity index is 1.74. The number of nitrogens with zero attached hydrogens (tertiary/aromatic N) is 1. The number of hydrogen-bond acceptors (Lipinski definition) is 4. The second-order valence-electron chi connectivity index (χ2n) is 6.07. The van der Waals surface area contributed by atoms with Crippen LogP contribution in [-0.4, -0.2) is 17.4 Å². The van der Waals surface area contributed by atoms with Crippen LogP contribution < -0.4 is 11.1 Å². The lowest BCUT2D eigenvalue weighted by Gasteiger charge is -2.17. The van der Waals surface area contributed by atoms with Gasteiger partial charge in [-0.3, -0.25) is 14.9 Å². The Morgan fingerprint density at radius 1 is 1.33 bits per heavy atom. The summed E-state index contributed by atoms with van der Waals surface area (Å²) in [7, 11) is 0. The summed E-state index contributed by atoms with van der Waals surface area (Å²) >= 11 is 0. The van der Waals surface area contributed by atoms with E-state index in [-0.39, 0.29) is 11.3 Å². The van der Waals surface area contributed by atoms with Gasteiger partial charge >= 0.3 is 0 Å². The highest BCUT2D eigenvalue weighted by molar-refractivity contribution is 5.94. The summed E-state index contributed by atoms with van der Waals surface area (Å²) in [5.74, 6) is 1.54. The third-order valence-electron chi connectivity index (χ3n) is 4.46. The Morgan fingerprint density at radius 3 is 2.43 bits per heavy atom. The van der Waals surface area contributed by atoms with E-state index >= 15 is 0 Å². The molecule has 1 aromatic carbocycles. The van der Waals surface area contributed by atoms with Gasteiger partial charge in [0.15, 0.2) is 0 Å². The molecule has 2 fully saturated rings. The maximum absolute atomic E-state index is 11.1. The number of nitrogens with two attached hydrogens (primary N) is 1. The van der Waals surface area contributed by atoms with E-state index in [9.17, 15) is 14.9 Å². The largest absolute Gasteiger partial charge is 0.379 e. The molecule has 0 saturated heterocycles. The highest BCUT2D eigenvalue weighted by Crippen LogP contribution is 2.49. The number of anilines is 1. The van der Waals surface area contributed by atoms with Gasteiger partial charge in [-0.05, 0) is 55.6 Å². The zero-order chi connectivity index (χ0) is 15.0. The van der Waals surface area contributed by atoms with E-state index in [0.29, 0.717) is 11.6 Å². The molecule has 2 aliphatic rings. The van der Waals surface area contributed by atoms with E-state index in [2.05, 4.69) is 5.32 Å². The summed E-state index contributed by atoms with van der Waals surface area (Å²) in [4.78, 5) is 21.8. The summed E-state index contributed by atoms with van der Waals surface area (Å²) in [6, 6.07) is 4.35. The van der Waals surface area contributed by atoms with Gasteiger partial charge in [0.25, 0.3) is 5.69 Å². The molecule has 0 bridgehead atoms. The smallest absolute Gasteiger partial charge is 0.293 e. The number of nitrogens with one attached hydrogen (secondary N) is 1. The zero-order valence-electron chi connectivity index (χ0n) is 11.7. The van der Waals surface area contributed by atoms with Crippen molar-refractivity contribution in [3.05, 3.63) is 33.9 Å². The van der Waals surface area contributed by atoms with Crippen molar-refractivity contribution in [2.45, 2.75) is 25.7 Å². The molecular formula is C15H19N3O3. The summed E-state index contributed by atoms with van der Waals surface area (Å²) in [6.07, 6.45) is 5.13. The molecule has 1 aromatic rings. The van der Waals surface area contributed by atoms with Crippen molar-refractivity contribution in [3.8, 4) is 0 Å². The van der Waals surface area contributed by atoms with Crippen LogP contribution in [0.4, 0.5) is 11.4 Å². The van der Waals surface area contributed by atoms with Crippen LogP contribution in [0.25, 0.3) is 0 Å². The van der Waals surface area contributed by atoms with Crippen molar-refractivity contribution in [3.63, 3.8) is 0 Å². The van der Waals surface area contributed by atoms with E-state index in [0.717, 1.165) is 18.4 Å². The van der Waals surface area contributed by atoms with E-state index in [4.69, 9.17) is 5.73 Å². The number of hydrogen-bond donors (Lipinski definition) is 2. The number of amides is 1. The number of benzene rings is 1. The lowest BCUT2D eigenvalue weighted by molar-refractivity contribution is -0.384. The predicted octanol–water partition coefficient (Wildman–Crippen LogP) is 2.54. The van der Waals surface area contributed by atoms with Crippen LogP contribution in [0, 0.1) is 27.9 Å². The molecule has 0 atom stereocenters. The third kappa shape index (κ3) is 3.15. The zero-order valence-corrected chi connectivity index (χ0v) is 11.7. The van der Waals surface area contributed by atoms with E-state index < -0.39 is 10.8 Å². The minimum absolute atomic E-state index is 0.0864.